The van der Waals surface area contributed by atoms with Crippen molar-refractivity contribution in [2.24, 2.45) is 0 Å². The maximum Gasteiger partial charge on any atom is 0.273 e. The van der Waals surface area contributed by atoms with E-state index in [1.165, 1.54) is 12.1 Å². The first-order valence-electron chi connectivity index (χ1n) is 5.59. The Hall–Kier alpha value is -2.27. The lowest BCUT2D eigenvalue weighted by Gasteiger charge is -2.10. The van der Waals surface area contributed by atoms with Gasteiger partial charge in [-0.05, 0) is 18.2 Å². The van der Waals surface area contributed by atoms with E-state index >= 15 is 0 Å². The van der Waals surface area contributed by atoms with Gasteiger partial charge in [0.05, 0.1) is 15.6 Å². The molecular weight excluding hydrogens is 266 g/mol. The van der Waals surface area contributed by atoms with E-state index in [4.69, 9.17) is 11.6 Å². The monoisotopic (exact) mass is 277 g/mol. The molecule has 0 aliphatic rings. The van der Waals surface area contributed by atoms with E-state index in [-0.39, 0.29) is 5.69 Å². The molecule has 19 heavy (non-hydrogen) atoms. The number of para-hydroxylation sites is 1. The summed E-state index contributed by atoms with van der Waals surface area (Å²) < 4.78 is 0. The highest BCUT2D eigenvalue weighted by Crippen LogP contribution is 2.29. The lowest BCUT2D eigenvalue weighted by molar-refractivity contribution is -0.384. The van der Waals surface area contributed by atoms with Crippen molar-refractivity contribution in [1.29, 1.82) is 0 Å². The van der Waals surface area contributed by atoms with Gasteiger partial charge < -0.3 is 10.6 Å². The number of hydrogen-bond donors (Lipinski definition) is 2. The zero-order chi connectivity index (χ0) is 13.8. The molecule has 0 aliphatic heterocycles. The molecule has 2 aromatic rings. The highest BCUT2D eigenvalue weighted by atomic mass is 35.5. The van der Waals surface area contributed by atoms with Crippen molar-refractivity contribution < 1.29 is 4.92 Å². The molecule has 0 heterocycles. The molecule has 0 saturated carbocycles. The number of hydrogen-bond acceptors (Lipinski definition) is 4. The van der Waals surface area contributed by atoms with Crippen molar-refractivity contribution >= 4 is 34.4 Å². The summed E-state index contributed by atoms with van der Waals surface area (Å²) in [5, 5.41) is 17.4. The number of nitro benzene ring substituents is 1. The van der Waals surface area contributed by atoms with Crippen LogP contribution in [-0.4, -0.2) is 12.0 Å². The lowest BCUT2D eigenvalue weighted by Crippen LogP contribution is -1.97. The van der Waals surface area contributed by atoms with E-state index in [9.17, 15) is 10.1 Å². The van der Waals surface area contributed by atoms with E-state index in [2.05, 4.69) is 10.6 Å². The molecule has 0 amide bonds. The summed E-state index contributed by atoms with van der Waals surface area (Å²) in [5.41, 5.74) is 1.98. The van der Waals surface area contributed by atoms with Gasteiger partial charge in [-0.2, -0.15) is 0 Å². The van der Waals surface area contributed by atoms with Gasteiger partial charge in [-0.15, -0.1) is 0 Å². The Morgan fingerprint density at radius 3 is 2.47 bits per heavy atom. The Morgan fingerprint density at radius 1 is 1.16 bits per heavy atom. The normalized spacial score (nSPS) is 10.0. The largest absolute Gasteiger partial charge is 0.388 e. The summed E-state index contributed by atoms with van der Waals surface area (Å²) in [4.78, 5) is 10.4. The summed E-state index contributed by atoms with van der Waals surface area (Å²) >= 11 is 6.04. The molecule has 0 radical (unpaired) electrons. The second kappa shape index (κ2) is 5.58. The Balaban J connectivity index is 2.37. The lowest BCUT2D eigenvalue weighted by atomic mass is 10.2. The van der Waals surface area contributed by atoms with Crippen LogP contribution in [0.5, 0.6) is 0 Å². The van der Waals surface area contributed by atoms with E-state index in [1.54, 1.807) is 25.2 Å². The molecule has 98 valence electrons. The molecule has 0 bridgehead atoms. The molecule has 0 atom stereocenters. The van der Waals surface area contributed by atoms with Crippen molar-refractivity contribution in [3.8, 4) is 0 Å². The third-order valence-corrected chi connectivity index (χ3v) is 2.90. The summed E-state index contributed by atoms with van der Waals surface area (Å²) in [7, 11) is 1.71. The van der Waals surface area contributed by atoms with Gasteiger partial charge in [0.15, 0.2) is 0 Å². The molecule has 0 fully saturated rings. The van der Waals surface area contributed by atoms with Crippen molar-refractivity contribution in [1.82, 2.24) is 0 Å². The average Bonchev–Trinajstić information content (AvgIpc) is 2.41. The van der Waals surface area contributed by atoms with E-state index < -0.39 is 4.92 Å². The predicted octanol–water partition coefficient (Wildman–Crippen LogP) is 4.03. The van der Waals surface area contributed by atoms with Crippen LogP contribution in [0.2, 0.25) is 5.02 Å². The zero-order valence-corrected chi connectivity index (χ0v) is 10.9. The molecule has 2 aromatic carbocycles. The van der Waals surface area contributed by atoms with Crippen LogP contribution in [0.3, 0.4) is 0 Å². The van der Waals surface area contributed by atoms with Gasteiger partial charge in [0.1, 0.15) is 0 Å². The Labute approximate surface area is 115 Å². The van der Waals surface area contributed by atoms with Crippen LogP contribution in [0.1, 0.15) is 0 Å². The number of nitrogens with one attached hydrogen (secondary N) is 2. The van der Waals surface area contributed by atoms with Gasteiger partial charge in [0.2, 0.25) is 0 Å². The maximum atomic E-state index is 10.9. The highest BCUT2D eigenvalue weighted by Gasteiger charge is 2.10. The number of nitro groups is 1. The summed E-state index contributed by atoms with van der Waals surface area (Å²) in [6, 6.07) is 11.9. The third kappa shape index (κ3) is 3.14. The maximum absolute atomic E-state index is 10.9. The number of anilines is 3. The van der Waals surface area contributed by atoms with Gasteiger partial charge in [0, 0.05) is 30.6 Å². The number of non-ortho nitro benzene ring substituents is 1. The van der Waals surface area contributed by atoms with Crippen LogP contribution in [-0.2, 0) is 0 Å². The standard InChI is InChI=1S/C13H12ClN3O2/c1-15-9-6-10(8-11(7-9)17(18)19)16-13-5-3-2-4-12(13)14/h2-8,15-16H,1H3. The quantitative estimate of drug-likeness (QED) is 0.654. The van der Waals surface area contributed by atoms with Crippen LogP contribution >= 0.6 is 11.6 Å². The first-order valence-corrected chi connectivity index (χ1v) is 5.97. The molecule has 6 heteroatoms. The third-order valence-electron chi connectivity index (χ3n) is 2.57. The van der Waals surface area contributed by atoms with Crippen LogP contribution < -0.4 is 10.6 Å². The fourth-order valence-corrected chi connectivity index (χ4v) is 1.83. The van der Waals surface area contributed by atoms with Crippen LogP contribution in [0.25, 0.3) is 0 Å². The molecule has 0 aliphatic carbocycles. The number of halogens is 1. The summed E-state index contributed by atoms with van der Waals surface area (Å²) in [6.45, 7) is 0. The molecule has 2 N–H and O–H groups in total. The molecular formula is C13H12ClN3O2. The number of rotatable bonds is 4. The van der Waals surface area contributed by atoms with E-state index in [1.807, 2.05) is 12.1 Å². The van der Waals surface area contributed by atoms with Crippen molar-refractivity contribution in [3.63, 3.8) is 0 Å². The van der Waals surface area contributed by atoms with Crippen LogP contribution in [0.4, 0.5) is 22.7 Å². The Kier molecular flexibility index (Phi) is 3.87. The van der Waals surface area contributed by atoms with Gasteiger partial charge in [-0.3, -0.25) is 10.1 Å². The second-order valence-electron chi connectivity index (χ2n) is 3.88. The second-order valence-corrected chi connectivity index (χ2v) is 4.29. The molecule has 5 nitrogen and oxygen atoms in total. The fraction of sp³-hybridized carbons (Fsp3) is 0.0769. The van der Waals surface area contributed by atoms with E-state index in [0.717, 1.165) is 0 Å². The first kappa shape index (κ1) is 13.2. The fourth-order valence-electron chi connectivity index (χ4n) is 1.65. The summed E-state index contributed by atoms with van der Waals surface area (Å²) in [6.07, 6.45) is 0. The minimum Gasteiger partial charge on any atom is -0.388 e. The SMILES string of the molecule is CNc1cc(Nc2ccccc2Cl)cc([N+](=O)[O-])c1. The molecule has 0 unspecified atom stereocenters. The van der Waals surface area contributed by atoms with Crippen LogP contribution in [0.15, 0.2) is 42.5 Å². The first-order chi connectivity index (χ1) is 9.10. The van der Waals surface area contributed by atoms with Gasteiger partial charge in [-0.1, -0.05) is 23.7 Å². The molecule has 0 spiro atoms. The van der Waals surface area contributed by atoms with Crippen molar-refractivity contribution in [2.75, 3.05) is 17.7 Å². The number of nitrogens with zero attached hydrogens (tertiary/aromatic N) is 1. The number of benzene rings is 2. The van der Waals surface area contributed by atoms with Gasteiger partial charge in [0.25, 0.3) is 5.69 Å². The smallest absolute Gasteiger partial charge is 0.273 e. The molecule has 0 aromatic heterocycles. The molecule has 0 saturated heterocycles. The van der Waals surface area contributed by atoms with Gasteiger partial charge >= 0.3 is 0 Å². The van der Waals surface area contributed by atoms with Crippen molar-refractivity contribution in [2.45, 2.75) is 0 Å². The van der Waals surface area contributed by atoms with E-state index in [0.29, 0.717) is 22.1 Å². The van der Waals surface area contributed by atoms with Crippen LogP contribution in [0, 0.1) is 10.1 Å². The topological polar surface area (TPSA) is 67.2 Å². The minimum absolute atomic E-state index is 0.0152. The summed E-state index contributed by atoms with van der Waals surface area (Å²) in [5.74, 6) is 0. The van der Waals surface area contributed by atoms with Gasteiger partial charge in [-0.25, -0.2) is 0 Å². The molecule has 2 rings (SSSR count). The minimum atomic E-state index is -0.432. The predicted molar refractivity (Wildman–Crippen MR) is 77.4 cm³/mol. The van der Waals surface area contributed by atoms with Crippen molar-refractivity contribution in [3.05, 3.63) is 57.6 Å². The highest BCUT2D eigenvalue weighted by molar-refractivity contribution is 6.33. The average molecular weight is 278 g/mol. The Bertz CT molecular complexity index is 617. The Morgan fingerprint density at radius 2 is 1.84 bits per heavy atom. The zero-order valence-electron chi connectivity index (χ0n) is 10.2.